The first kappa shape index (κ1) is 12.8. The van der Waals surface area contributed by atoms with E-state index in [1.807, 2.05) is 43.3 Å². The van der Waals surface area contributed by atoms with Crippen molar-refractivity contribution < 1.29 is 4.74 Å². The molecule has 2 aromatic carbocycles. The molecule has 18 heavy (non-hydrogen) atoms. The summed E-state index contributed by atoms with van der Waals surface area (Å²) in [6, 6.07) is 13.9. The van der Waals surface area contributed by atoms with Crippen LogP contribution in [0.5, 0.6) is 5.75 Å². The Hall–Kier alpha value is -1.67. The second kappa shape index (κ2) is 5.78. The van der Waals surface area contributed by atoms with Crippen LogP contribution >= 0.6 is 11.6 Å². The van der Waals surface area contributed by atoms with Crippen LogP contribution in [0.15, 0.2) is 42.5 Å². The van der Waals surface area contributed by atoms with Crippen LogP contribution in [0, 0.1) is 6.92 Å². The molecule has 94 valence electrons. The van der Waals surface area contributed by atoms with Crippen LogP contribution < -0.4 is 10.1 Å². The molecule has 0 amide bonds. The molecular weight excluding hydrogens is 246 g/mol. The van der Waals surface area contributed by atoms with Gasteiger partial charge in [0.25, 0.3) is 0 Å². The monoisotopic (exact) mass is 261 g/mol. The highest BCUT2D eigenvalue weighted by Crippen LogP contribution is 2.20. The topological polar surface area (TPSA) is 21.3 Å². The number of anilines is 1. The molecule has 2 rings (SSSR count). The third kappa shape index (κ3) is 3.17. The third-order valence-corrected chi connectivity index (χ3v) is 3.13. The van der Waals surface area contributed by atoms with E-state index in [1.165, 1.54) is 5.56 Å². The van der Waals surface area contributed by atoms with E-state index in [-0.39, 0.29) is 0 Å². The van der Waals surface area contributed by atoms with Crippen molar-refractivity contribution in [1.29, 1.82) is 0 Å². The van der Waals surface area contributed by atoms with Gasteiger partial charge in [-0.25, -0.2) is 0 Å². The quantitative estimate of drug-likeness (QED) is 0.888. The van der Waals surface area contributed by atoms with Crippen molar-refractivity contribution in [2.24, 2.45) is 0 Å². The van der Waals surface area contributed by atoms with Crippen molar-refractivity contribution in [2.45, 2.75) is 13.5 Å². The lowest BCUT2D eigenvalue weighted by Crippen LogP contribution is -2.00. The van der Waals surface area contributed by atoms with Gasteiger partial charge < -0.3 is 10.1 Å². The first-order valence-corrected chi connectivity index (χ1v) is 6.20. The van der Waals surface area contributed by atoms with E-state index in [2.05, 4.69) is 11.4 Å². The number of rotatable bonds is 4. The van der Waals surface area contributed by atoms with E-state index in [1.54, 1.807) is 7.11 Å². The molecule has 0 saturated carbocycles. The van der Waals surface area contributed by atoms with Gasteiger partial charge in [0.2, 0.25) is 0 Å². The van der Waals surface area contributed by atoms with E-state index >= 15 is 0 Å². The minimum absolute atomic E-state index is 0.714. The first-order valence-electron chi connectivity index (χ1n) is 5.82. The van der Waals surface area contributed by atoms with Crippen LogP contribution in [0.3, 0.4) is 0 Å². The number of methoxy groups -OCH3 is 1. The Morgan fingerprint density at radius 2 is 1.83 bits per heavy atom. The SMILES string of the molecule is COc1ccc(NCc2ccc(C)cc2Cl)cc1. The summed E-state index contributed by atoms with van der Waals surface area (Å²) in [6.07, 6.45) is 0. The minimum atomic E-state index is 0.714. The highest BCUT2D eigenvalue weighted by molar-refractivity contribution is 6.31. The van der Waals surface area contributed by atoms with Crippen LogP contribution in [0.25, 0.3) is 0 Å². The van der Waals surface area contributed by atoms with Crippen LogP contribution in [0.1, 0.15) is 11.1 Å². The molecular formula is C15H16ClNO. The smallest absolute Gasteiger partial charge is 0.119 e. The fourth-order valence-electron chi connectivity index (χ4n) is 1.70. The van der Waals surface area contributed by atoms with Gasteiger partial charge in [-0.1, -0.05) is 23.7 Å². The van der Waals surface area contributed by atoms with Gasteiger partial charge >= 0.3 is 0 Å². The van der Waals surface area contributed by atoms with Crippen molar-refractivity contribution in [3.63, 3.8) is 0 Å². The zero-order valence-corrected chi connectivity index (χ0v) is 11.3. The Balaban J connectivity index is 2.02. The lowest BCUT2D eigenvalue weighted by Gasteiger charge is -2.09. The average molecular weight is 262 g/mol. The highest BCUT2D eigenvalue weighted by atomic mass is 35.5. The fraction of sp³-hybridized carbons (Fsp3) is 0.200. The molecule has 0 heterocycles. The van der Waals surface area contributed by atoms with Crippen molar-refractivity contribution in [1.82, 2.24) is 0 Å². The summed E-state index contributed by atoms with van der Waals surface area (Å²) < 4.78 is 5.12. The average Bonchev–Trinajstić information content (AvgIpc) is 2.38. The Labute approximate surface area is 113 Å². The Morgan fingerprint density at radius 3 is 2.44 bits per heavy atom. The van der Waals surface area contributed by atoms with Gasteiger partial charge in [-0.15, -0.1) is 0 Å². The lowest BCUT2D eigenvalue weighted by atomic mass is 10.1. The zero-order valence-electron chi connectivity index (χ0n) is 10.5. The van der Waals surface area contributed by atoms with Crippen molar-refractivity contribution in [3.8, 4) is 5.75 Å². The normalized spacial score (nSPS) is 10.2. The maximum absolute atomic E-state index is 6.18. The molecule has 0 radical (unpaired) electrons. The van der Waals surface area contributed by atoms with Crippen molar-refractivity contribution in [2.75, 3.05) is 12.4 Å². The van der Waals surface area contributed by atoms with Gasteiger partial charge in [0, 0.05) is 17.3 Å². The van der Waals surface area contributed by atoms with Crippen LogP contribution in [-0.4, -0.2) is 7.11 Å². The molecule has 0 aliphatic heterocycles. The number of hydrogen-bond donors (Lipinski definition) is 1. The summed E-state index contributed by atoms with van der Waals surface area (Å²) in [5.74, 6) is 0.855. The van der Waals surface area contributed by atoms with E-state index in [0.29, 0.717) is 6.54 Å². The van der Waals surface area contributed by atoms with Crippen LogP contribution in [0.4, 0.5) is 5.69 Å². The predicted molar refractivity (Wildman–Crippen MR) is 76.5 cm³/mol. The molecule has 0 saturated heterocycles. The number of hydrogen-bond acceptors (Lipinski definition) is 2. The van der Waals surface area contributed by atoms with Crippen LogP contribution in [-0.2, 0) is 6.54 Å². The zero-order chi connectivity index (χ0) is 13.0. The van der Waals surface area contributed by atoms with Gasteiger partial charge in [-0.2, -0.15) is 0 Å². The third-order valence-electron chi connectivity index (χ3n) is 2.78. The molecule has 1 N–H and O–H groups in total. The second-order valence-corrected chi connectivity index (χ2v) is 4.58. The predicted octanol–water partition coefficient (Wildman–Crippen LogP) is 4.27. The summed E-state index contributed by atoms with van der Waals surface area (Å²) >= 11 is 6.18. The second-order valence-electron chi connectivity index (χ2n) is 4.18. The Bertz CT molecular complexity index is 523. The minimum Gasteiger partial charge on any atom is -0.497 e. The molecule has 0 atom stereocenters. The number of nitrogens with one attached hydrogen (secondary N) is 1. The summed E-state index contributed by atoms with van der Waals surface area (Å²) in [4.78, 5) is 0. The number of ether oxygens (including phenoxy) is 1. The Morgan fingerprint density at radius 1 is 1.11 bits per heavy atom. The van der Waals surface area contributed by atoms with Gasteiger partial charge in [0.1, 0.15) is 5.75 Å². The van der Waals surface area contributed by atoms with Crippen molar-refractivity contribution >= 4 is 17.3 Å². The summed E-state index contributed by atoms with van der Waals surface area (Å²) in [5.41, 5.74) is 3.32. The summed E-state index contributed by atoms with van der Waals surface area (Å²) in [7, 11) is 1.66. The van der Waals surface area contributed by atoms with Gasteiger partial charge in [0.05, 0.1) is 7.11 Å². The number of benzene rings is 2. The molecule has 0 spiro atoms. The molecule has 0 aromatic heterocycles. The summed E-state index contributed by atoms with van der Waals surface area (Å²) in [5, 5.41) is 4.13. The van der Waals surface area contributed by atoms with E-state index in [0.717, 1.165) is 22.0 Å². The fourth-order valence-corrected chi connectivity index (χ4v) is 2.00. The van der Waals surface area contributed by atoms with E-state index < -0.39 is 0 Å². The largest absolute Gasteiger partial charge is 0.497 e. The van der Waals surface area contributed by atoms with E-state index in [4.69, 9.17) is 16.3 Å². The first-order chi connectivity index (χ1) is 8.69. The number of halogens is 1. The number of aryl methyl sites for hydroxylation is 1. The maximum atomic E-state index is 6.18. The highest BCUT2D eigenvalue weighted by Gasteiger charge is 2.00. The van der Waals surface area contributed by atoms with Gasteiger partial charge in [0.15, 0.2) is 0 Å². The molecule has 0 bridgehead atoms. The van der Waals surface area contributed by atoms with Gasteiger partial charge in [-0.05, 0) is 48.4 Å². The molecule has 0 aliphatic carbocycles. The maximum Gasteiger partial charge on any atom is 0.119 e. The Kier molecular flexibility index (Phi) is 4.11. The van der Waals surface area contributed by atoms with Gasteiger partial charge in [-0.3, -0.25) is 0 Å². The molecule has 0 aliphatic rings. The van der Waals surface area contributed by atoms with Crippen molar-refractivity contribution in [3.05, 3.63) is 58.6 Å². The van der Waals surface area contributed by atoms with Crippen LogP contribution in [0.2, 0.25) is 5.02 Å². The molecule has 3 heteroatoms. The molecule has 2 aromatic rings. The van der Waals surface area contributed by atoms with E-state index in [9.17, 15) is 0 Å². The standard InChI is InChI=1S/C15H16ClNO/c1-11-3-4-12(15(16)9-11)10-17-13-5-7-14(18-2)8-6-13/h3-9,17H,10H2,1-2H3. The molecule has 2 nitrogen and oxygen atoms in total. The lowest BCUT2D eigenvalue weighted by molar-refractivity contribution is 0.415. The molecule has 0 unspecified atom stereocenters. The summed E-state index contributed by atoms with van der Waals surface area (Å²) in [6.45, 7) is 2.75. The molecule has 0 fully saturated rings.